The first-order valence-corrected chi connectivity index (χ1v) is 7.30. The average Bonchev–Trinajstić information content (AvgIpc) is 2.70. The van der Waals surface area contributed by atoms with Gasteiger partial charge in [0.05, 0.1) is 12.6 Å². The molecule has 20 heavy (non-hydrogen) atoms. The summed E-state index contributed by atoms with van der Waals surface area (Å²) in [6, 6.07) is 3.16. The second-order valence-electron chi connectivity index (χ2n) is 5.00. The van der Waals surface area contributed by atoms with Gasteiger partial charge in [-0.25, -0.2) is 4.98 Å². The molecular weight excluding hydrogens is 278 g/mol. The van der Waals surface area contributed by atoms with Gasteiger partial charge in [0, 0.05) is 19.2 Å². The van der Waals surface area contributed by atoms with E-state index in [0.717, 1.165) is 25.7 Å². The Morgan fingerprint density at radius 2 is 2.30 bits per heavy atom. The van der Waals surface area contributed by atoms with Crippen molar-refractivity contribution < 1.29 is 9.90 Å². The number of carbonyl (C=O) groups is 1. The highest BCUT2D eigenvalue weighted by Crippen LogP contribution is 2.21. The van der Waals surface area contributed by atoms with Crippen molar-refractivity contribution in [3.8, 4) is 0 Å². The van der Waals surface area contributed by atoms with Crippen molar-refractivity contribution in [1.82, 2.24) is 9.88 Å². The molecule has 2 heterocycles. The predicted octanol–water partition coefficient (Wildman–Crippen LogP) is 2.15. The van der Waals surface area contributed by atoms with Crippen LogP contribution in [0.2, 0.25) is 5.15 Å². The number of aliphatic hydroxyl groups excluding tert-OH is 1. The molecule has 1 aromatic heterocycles. The molecule has 0 saturated carbocycles. The van der Waals surface area contributed by atoms with E-state index < -0.39 is 0 Å². The number of halogens is 1. The molecule has 1 saturated heterocycles. The van der Waals surface area contributed by atoms with E-state index in [1.807, 2.05) is 0 Å². The number of rotatable bonds is 3. The van der Waals surface area contributed by atoms with Crippen LogP contribution in [0.25, 0.3) is 0 Å². The maximum absolute atomic E-state index is 12.6. The zero-order chi connectivity index (χ0) is 14.5. The van der Waals surface area contributed by atoms with Crippen LogP contribution in [0.4, 0.5) is 5.82 Å². The predicted molar refractivity (Wildman–Crippen MR) is 79.2 cm³/mol. The van der Waals surface area contributed by atoms with Crippen LogP contribution in [-0.2, 0) is 0 Å². The molecule has 5 nitrogen and oxygen atoms in total. The molecule has 1 unspecified atom stereocenters. The van der Waals surface area contributed by atoms with Crippen LogP contribution in [0.15, 0.2) is 12.1 Å². The highest BCUT2D eigenvalue weighted by Gasteiger charge is 2.26. The summed E-state index contributed by atoms with van der Waals surface area (Å²) < 4.78 is 0. The van der Waals surface area contributed by atoms with E-state index in [9.17, 15) is 9.90 Å². The highest BCUT2D eigenvalue weighted by molar-refractivity contribution is 6.29. The minimum atomic E-state index is -0.102. The number of amides is 1. The Labute approximate surface area is 123 Å². The van der Waals surface area contributed by atoms with E-state index >= 15 is 0 Å². The third kappa shape index (κ3) is 3.41. The fourth-order valence-corrected chi connectivity index (χ4v) is 2.76. The van der Waals surface area contributed by atoms with Crippen LogP contribution in [-0.4, -0.2) is 47.1 Å². The summed E-state index contributed by atoms with van der Waals surface area (Å²) in [6.07, 6.45) is 3.97. The molecule has 0 radical (unpaired) electrons. The largest absolute Gasteiger partial charge is 0.394 e. The summed E-state index contributed by atoms with van der Waals surface area (Å²) in [4.78, 5) is 18.5. The fourth-order valence-electron chi connectivity index (χ4n) is 2.55. The summed E-state index contributed by atoms with van der Waals surface area (Å²) in [6.45, 7) is 0.683. The van der Waals surface area contributed by atoms with E-state index in [0.29, 0.717) is 17.9 Å². The molecular formula is C14H20ClN3O2. The van der Waals surface area contributed by atoms with E-state index in [1.165, 1.54) is 0 Å². The first-order chi connectivity index (χ1) is 9.65. The first-order valence-electron chi connectivity index (χ1n) is 6.93. The van der Waals surface area contributed by atoms with Crippen LogP contribution < -0.4 is 5.32 Å². The molecule has 1 aliphatic rings. The van der Waals surface area contributed by atoms with Gasteiger partial charge in [-0.15, -0.1) is 0 Å². The number of hydrogen-bond acceptors (Lipinski definition) is 4. The van der Waals surface area contributed by atoms with Gasteiger partial charge in [-0.2, -0.15) is 0 Å². The van der Waals surface area contributed by atoms with Crippen molar-refractivity contribution in [3.05, 3.63) is 22.8 Å². The lowest BCUT2D eigenvalue weighted by atomic mass is 10.1. The summed E-state index contributed by atoms with van der Waals surface area (Å²) in [5, 5.41) is 12.7. The van der Waals surface area contributed by atoms with Crippen molar-refractivity contribution in [2.45, 2.75) is 31.7 Å². The number of nitrogens with zero attached hydrogens (tertiary/aromatic N) is 2. The number of aromatic nitrogens is 1. The topological polar surface area (TPSA) is 65.5 Å². The fraction of sp³-hybridized carbons (Fsp3) is 0.571. The van der Waals surface area contributed by atoms with Crippen molar-refractivity contribution in [2.75, 3.05) is 25.5 Å². The van der Waals surface area contributed by atoms with Crippen molar-refractivity contribution in [1.29, 1.82) is 0 Å². The Kier molecular flexibility index (Phi) is 5.20. The smallest absolute Gasteiger partial charge is 0.254 e. The number of hydrogen-bond donors (Lipinski definition) is 2. The Hall–Kier alpha value is -1.33. The van der Waals surface area contributed by atoms with Gasteiger partial charge >= 0.3 is 0 Å². The van der Waals surface area contributed by atoms with Crippen molar-refractivity contribution in [2.24, 2.45) is 0 Å². The number of likely N-dealkylation sites (tertiary alicyclic amines) is 1. The molecule has 2 N–H and O–H groups in total. The summed E-state index contributed by atoms with van der Waals surface area (Å²) >= 11 is 5.94. The lowest BCUT2D eigenvalue weighted by Crippen LogP contribution is -2.42. The van der Waals surface area contributed by atoms with Gasteiger partial charge < -0.3 is 15.3 Å². The zero-order valence-electron chi connectivity index (χ0n) is 11.6. The summed E-state index contributed by atoms with van der Waals surface area (Å²) in [7, 11) is 1.73. The standard InChI is InChI=1S/C14H20ClN3O2/c1-16-13-8-10(7-12(15)17-13)14(20)18-6-4-2-3-5-11(18)9-19/h7-8,11,19H,2-6,9H2,1H3,(H,16,17). The van der Waals surface area contributed by atoms with Gasteiger partial charge in [-0.05, 0) is 25.0 Å². The van der Waals surface area contributed by atoms with Crippen LogP contribution in [0.1, 0.15) is 36.0 Å². The lowest BCUT2D eigenvalue weighted by Gasteiger charge is -2.28. The third-order valence-electron chi connectivity index (χ3n) is 3.65. The quantitative estimate of drug-likeness (QED) is 0.839. The molecule has 110 valence electrons. The molecule has 1 atom stereocenters. The molecule has 2 rings (SSSR count). The number of aliphatic hydroxyl groups is 1. The molecule has 1 aliphatic heterocycles. The highest BCUT2D eigenvalue weighted by atomic mass is 35.5. The van der Waals surface area contributed by atoms with Crippen molar-refractivity contribution in [3.63, 3.8) is 0 Å². The van der Waals surface area contributed by atoms with Gasteiger partial charge in [0.25, 0.3) is 5.91 Å². The molecule has 1 fully saturated rings. The number of anilines is 1. The Morgan fingerprint density at radius 3 is 3.00 bits per heavy atom. The second kappa shape index (κ2) is 6.90. The van der Waals surface area contributed by atoms with Gasteiger partial charge in [-0.3, -0.25) is 4.79 Å². The summed E-state index contributed by atoms with van der Waals surface area (Å²) in [5.74, 6) is 0.475. The van der Waals surface area contributed by atoms with E-state index in [4.69, 9.17) is 11.6 Å². The molecule has 0 spiro atoms. The Morgan fingerprint density at radius 1 is 1.50 bits per heavy atom. The minimum absolute atomic E-state index is 0.00341. The maximum Gasteiger partial charge on any atom is 0.254 e. The van der Waals surface area contributed by atoms with E-state index in [-0.39, 0.29) is 23.7 Å². The van der Waals surface area contributed by atoms with Gasteiger partial charge in [0.2, 0.25) is 0 Å². The first kappa shape index (κ1) is 15.1. The van der Waals surface area contributed by atoms with Crippen LogP contribution in [0, 0.1) is 0 Å². The molecule has 0 bridgehead atoms. The molecule has 1 amide bonds. The average molecular weight is 298 g/mol. The Bertz CT molecular complexity index is 481. The van der Waals surface area contributed by atoms with Gasteiger partial charge in [-0.1, -0.05) is 24.4 Å². The maximum atomic E-state index is 12.6. The summed E-state index contributed by atoms with van der Waals surface area (Å²) in [5.41, 5.74) is 0.509. The number of carbonyl (C=O) groups excluding carboxylic acids is 1. The van der Waals surface area contributed by atoms with Gasteiger partial charge in [0.15, 0.2) is 0 Å². The molecule has 1 aromatic rings. The minimum Gasteiger partial charge on any atom is -0.394 e. The van der Waals surface area contributed by atoms with E-state index in [2.05, 4.69) is 10.3 Å². The second-order valence-corrected chi connectivity index (χ2v) is 5.39. The third-order valence-corrected chi connectivity index (χ3v) is 3.84. The Balaban J connectivity index is 2.26. The van der Waals surface area contributed by atoms with E-state index in [1.54, 1.807) is 24.1 Å². The lowest BCUT2D eigenvalue weighted by molar-refractivity contribution is 0.0600. The molecule has 0 aliphatic carbocycles. The number of pyridine rings is 1. The number of nitrogens with one attached hydrogen (secondary N) is 1. The monoisotopic (exact) mass is 297 g/mol. The van der Waals surface area contributed by atoms with Crippen LogP contribution in [0.5, 0.6) is 0 Å². The van der Waals surface area contributed by atoms with Gasteiger partial charge in [0.1, 0.15) is 11.0 Å². The zero-order valence-corrected chi connectivity index (χ0v) is 12.4. The SMILES string of the molecule is CNc1cc(C(=O)N2CCCCCC2CO)cc(Cl)n1. The van der Waals surface area contributed by atoms with Crippen LogP contribution >= 0.6 is 11.6 Å². The van der Waals surface area contributed by atoms with Crippen molar-refractivity contribution >= 4 is 23.3 Å². The van der Waals surface area contributed by atoms with Crippen LogP contribution in [0.3, 0.4) is 0 Å². The molecule has 6 heteroatoms. The normalized spacial score (nSPS) is 19.6. The molecule has 0 aromatic carbocycles.